The lowest BCUT2D eigenvalue weighted by molar-refractivity contribution is -0.136. The van der Waals surface area contributed by atoms with E-state index in [1.165, 1.54) is 0 Å². The molecule has 0 saturated heterocycles. The molecular weight excluding hydrogens is 210 g/mol. The lowest BCUT2D eigenvalue weighted by Gasteiger charge is -2.08. The maximum Gasteiger partial charge on any atom is 0.418 e. The highest BCUT2D eigenvalue weighted by Crippen LogP contribution is 2.33. The van der Waals surface area contributed by atoms with Crippen LogP contribution in [0.4, 0.5) is 23.2 Å². The van der Waals surface area contributed by atoms with E-state index in [0.29, 0.717) is 12.1 Å². The molecule has 0 saturated carbocycles. The average Bonchev–Trinajstić information content (AvgIpc) is 1.83. The summed E-state index contributed by atoms with van der Waals surface area (Å²) in [6.45, 7) is 0. The van der Waals surface area contributed by atoms with E-state index in [4.69, 9.17) is 5.73 Å². The van der Waals surface area contributed by atoms with Crippen molar-refractivity contribution in [2.45, 2.75) is 6.18 Å². The molecule has 0 fully saturated rings. The summed E-state index contributed by atoms with van der Waals surface area (Å²) in [5.74, 6) is -0.777. The molecule has 0 amide bonds. The third-order valence-corrected chi connectivity index (χ3v) is 1.32. The van der Waals surface area contributed by atoms with Crippen LogP contribution in [0, 0.1) is 5.82 Å². The van der Waals surface area contributed by atoms with Crippen molar-refractivity contribution in [1.29, 1.82) is 0 Å². The van der Waals surface area contributed by atoms with E-state index >= 15 is 0 Å². The molecule has 0 bridgehead atoms. The standard InChI is InChI=1S/C7H5F4N.ClH/c8-4-1-2-5(6(12)3-4)7(9,10)11;/h1-3H,12H2;1H. The second-order valence-electron chi connectivity index (χ2n) is 2.23. The van der Waals surface area contributed by atoms with Crippen LogP contribution in [0.25, 0.3) is 0 Å². The largest absolute Gasteiger partial charge is 0.418 e. The van der Waals surface area contributed by atoms with Gasteiger partial charge in [-0.15, -0.1) is 12.4 Å². The van der Waals surface area contributed by atoms with Gasteiger partial charge in [-0.3, -0.25) is 0 Å². The first-order chi connectivity index (χ1) is 5.41. The summed E-state index contributed by atoms with van der Waals surface area (Å²) < 4.78 is 48.2. The Kier molecular flexibility index (Phi) is 3.54. The molecule has 0 aliphatic heterocycles. The molecule has 1 rings (SSSR count). The van der Waals surface area contributed by atoms with Crippen LogP contribution < -0.4 is 5.73 Å². The third kappa shape index (κ3) is 2.77. The number of rotatable bonds is 0. The van der Waals surface area contributed by atoms with Crippen LogP contribution >= 0.6 is 12.4 Å². The molecule has 6 heteroatoms. The van der Waals surface area contributed by atoms with Crippen molar-refractivity contribution in [2.24, 2.45) is 0 Å². The summed E-state index contributed by atoms with van der Waals surface area (Å²) >= 11 is 0. The molecule has 0 atom stereocenters. The van der Waals surface area contributed by atoms with E-state index in [9.17, 15) is 17.6 Å². The fourth-order valence-electron chi connectivity index (χ4n) is 0.792. The zero-order valence-corrected chi connectivity index (χ0v) is 7.05. The van der Waals surface area contributed by atoms with E-state index in [0.717, 1.165) is 6.07 Å². The molecule has 0 aromatic heterocycles. The van der Waals surface area contributed by atoms with Gasteiger partial charge in [0.05, 0.1) is 5.56 Å². The van der Waals surface area contributed by atoms with E-state index in [-0.39, 0.29) is 12.4 Å². The Labute approximate surface area is 78.0 Å². The Morgan fingerprint density at radius 3 is 2.08 bits per heavy atom. The van der Waals surface area contributed by atoms with Gasteiger partial charge in [-0.05, 0) is 18.2 Å². The minimum atomic E-state index is -4.52. The van der Waals surface area contributed by atoms with Crippen LogP contribution in [-0.2, 0) is 6.18 Å². The number of benzene rings is 1. The monoisotopic (exact) mass is 215 g/mol. The maximum atomic E-state index is 12.3. The van der Waals surface area contributed by atoms with Crippen LogP contribution in [0.2, 0.25) is 0 Å². The van der Waals surface area contributed by atoms with E-state index in [1.807, 2.05) is 0 Å². The number of hydrogen-bond donors (Lipinski definition) is 1. The van der Waals surface area contributed by atoms with Crippen LogP contribution in [0.1, 0.15) is 5.56 Å². The van der Waals surface area contributed by atoms with Crippen molar-refractivity contribution in [2.75, 3.05) is 5.73 Å². The summed E-state index contributed by atoms with van der Waals surface area (Å²) in [7, 11) is 0. The van der Waals surface area contributed by atoms with Gasteiger partial charge in [-0.1, -0.05) is 0 Å². The van der Waals surface area contributed by atoms with Crippen molar-refractivity contribution in [3.8, 4) is 0 Å². The summed E-state index contributed by atoms with van der Waals surface area (Å²) in [5.41, 5.74) is 3.34. The first kappa shape index (κ1) is 12.0. The molecule has 1 aromatic carbocycles. The Hall–Kier alpha value is -0.970. The third-order valence-electron chi connectivity index (χ3n) is 1.32. The molecule has 0 unspecified atom stereocenters. The Balaban J connectivity index is 0.00000144. The second kappa shape index (κ2) is 3.83. The van der Waals surface area contributed by atoms with E-state index in [1.54, 1.807) is 0 Å². The molecule has 0 spiro atoms. The van der Waals surface area contributed by atoms with Gasteiger partial charge in [0.2, 0.25) is 0 Å². The van der Waals surface area contributed by atoms with E-state index < -0.39 is 23.2 Å². The van der Waals surface area contributed by atoms with Gasteiger partial charge < -0.3 is 5.73 Å². The Bertz CT molecular complexity index is 297. The van der Waals surface area contributed by atoms with Crippen LogP contribution in [0.3, 0.4) is 0 Å². The zero-order chi connectivity index (χ0) is 9.35. The fraction of sp³-hybridized carbons (Fsp3) is 0.143. The zero-order valence-electron chi connectivity index (χ0n) is 6.23. The summed E-state index contributed by atoms with van der Waals surface area (Å²) in [6.07, 6.45) is -4.52. The predicted octanol–water partition coefficient (Wildman–Crippen LogP) is 2.85. The molecule has 0 radical (unpaired) electrons. The Morgan fingerprint density at radius 1 is 1.15 bits per heavy atom. The summed E-state index contributed by atoms with van der Waals surface area (Å²) in [4.78, 5) is 0. The average molecular weight is 216 g/mol. The highest BCUT2D eigenvalue weighted by molar-refractivity contribution is 5.85. The molecule has 0 aliphatic rings. The number of halogens is 5. The first-order valence-corrected chi connectivity index (χ1v) is 3.03. The van der Waals surface area contributed by atoms with Gasteiger partial charge in [0.25, 0.3) is 0 Å². The molecule has 74 valence electrons. The number of hydrogen-bond acceptors (Lipinski definition) is 1. The van der Waals surface area contributed by atoms with Crippen molar-refractivity contribution in [1.82, 2.24) is 0 Å². The second-order valence-corrected chi connectivity index (χ2v) is 2.23. The van der Waals surface area contributed by atoms with Gasteiger partial charge in [0.1, 0.15) is 5.82 Å². The van der Waals surface area contributed by atoms with Crippen molar-refractivity contribution in [3.63, 3.8) is 0 Å². The number of nitrogens with two attached hydrogens (primary N) is 1. The van der Waals surface area contributed by atoms with Gasteiger partial charge in [-0.25, -0.2) is 4.39 Å². The number of nitrogen functional groups attached to an aromatic ring is 1. The minimum Gasteiger partial charge on any atom is -0.398 e. The van der Waals surface area contributed by atoms with Crippen molar-refractivity contribution in [3.05, 3.63) is 29.6 Å². The number of alkyl halides is 3. The molecule has 2 N–H and O–H groups in total. The lowest BCUT2D eigenvalue weighted by atomic mass is 10.2. The van der Waals surface area contributed by atoms with Crippen LogP contribution in [0.5, 0.6) is 0 Å². The SMILES string of the molecule is Cl.Nc1cc(F)ccc1C(F)(F)F. The molecule has 0 aliphatic carbocycles. The highest BCUT2D eigenvalue weighted by Gasteiger charge is 2.32. The smallest absolute Gasteiger partial charge is 0.398 e. The topological polar surface area (TPSA) is 26.0 Å². The van der Waals surface area contributed by atoms with Gasteiger partial charge in [0, 0.05) is 5.69 Å². The summed E-state index contributed by atoms with van der Waals surface area (Å²) in [6, 6.07) is 1.98. The van der Waals surface area contributed by atoms with Crippen molar-refractivity contribution < 1.29 is 17.6 Å². The molecule has 13 heavy (non-hydrogen) atoms. The molecule has 0 heterocycles. The maximum absolute atomic E-state index is 12.3. The summed E-state index contributed by atoms with van der Waals surface area (Å²) in [5, 5.41) is 0. The minimum absolute atomic E-state index is 0. The molecule has 1 nitrogen and oxygen atoms in total. The normalized spacial score (nSPS) is 10.8. The quantitative estimate of drug-likeness (QED) is 0.523. The molecular formula is C7H6ClF4N. The first-order valence-electron chi connectivity index (χ1n) is 3.03. The highest BCUT2D eigenvalue weighted by atomic mass is 35.5. The van der Waals surface area contributed by atoms with Crippen LogP contribution in [-0.4, -0.2) is 0 Å². The number of anilines is 1. The van der Waals surface area contributed by atoms with Gasteiger partial charge in [0.15, 0.2) is 0 Å². The predicted molar refractivity (Wildman–Crippen MR) is 43.1 cm³/mol. The van der Waals surface area contributed by atoms with Gasteiger partial charge in [-0.2, -0.15) is 13.2 Å². The van der Waals surface area contributed by atoms with Crippen LogP contribution in [0.15, 0.2) is 18.2 Å². The Morgan fingerprint density at radius 2 is 1.69 bits per heavy atom. The van der Waals surface area contributed by atoms with Gasteiger partial charge >= 0.3 is 6.18 Å². The van der Waals surface area contributed by atoms with Crippen molar-refractivity contribution >= 4 is 18.1 Å². The fourth-order valence-corrected chi connectivity index (χ4v) is 0.792. The van der Waals surface area contributed by atoms with E-state index in [2.05, 4.69) is 0 Å². The molecule has 1 aromatic rings. The lowest BCUT2D eigenvalue weighted by Crippen LogP contribution is -2.08.